The summed E-state index contributed by atoms with van der Waals surface area (Å²) in [5.41, 5.74) is 1.72. The van der Waals surface area contributed by atoms with E-state index in [1.165, 1.54) is 0 Å². The smallest absolute Gasteiger partial charge is 0.294 e. The Labute approximate surface area is 221 Å². The highest BCUT2D eigenvalue weighted by atomic mass is 79.9. The number of halogens is 1. The van der Waals surface area contributed by atoms with Crippen LogP contribution in [0.3, 0.4) is 0 Å². The van der Waals surface area contributed by atoms with E-state index in [4.69, 9.17) is 9.47 Å². The predicted molar refractivity (Wildman–Crippen MR) is 142 cm³/mol. The third kappa shape index (κ3) is 5.33. The van der Waals surface area contributed by atoms with E-state index in [9.17, 15) is 14.4 Å². The van der Waals surface area contributed by atoms with Crippen molar-refractivity contribution in [1.82, 2.24) is 9.80 Å². The molecule has 184 valence electrons. The van der Waals surface area contributed by atoms with Crippen LogP contribution >= 0.6 is 27.7 Å². The molecule has 0 saturated carbocycles. The van der Waals surface area contributed by atoms with Gasteiger partial charge < -0.3 is 14.4 Å². The van der Waals surface area contributed by atoms with Crippen LogP contribution < -0.4 is 4.74 Å². The van der Waals surface area contributed by atoms with Gasteiger partial charge in [0.2, 0.25) is 5.91 Å². The minimum atomic E-state index is -0.474. The minimum absolute atomic E-state index is 0.259. The lowest BCUT2D eigenvalue weighted by Gasteiger charge is -2.28. The summed E-state index contributed by atoms with van der Waals surface area (Å²) in [4.78, 5) is 41.4. The molecule has 3 aromatic rings. The van der Waals surface area contributed by atoms with Crippen molar-refractivity contribution >= 4 is 61.6 Å². The lowest BCUT2D eigenvalue weighted by atomic mass is 10.0. The summed E-state index contributed by atoms with van der Waals surface area (Å²) in [6.45, 7) is 1.90. The fraction of sp³-hybridized carbons (Fsp3) is 0.222. The van der Waals surface area contributed by atoms with Gasteiger partial charge >= 0.3 is 0 Å². The first-order valence-electron chi connectivity index (χ1n) is 11.5. The van der Waals surface area contributed by atoms with Crippen molar-refractivity contribution in [3.05, 3.63) is 81.2 Å². The first-order valence-corrected chi connectivity index (χ1v) is 13.1. The summed E-state index contributed by atoms with van der Waals surface area (Å²) in [5, 5.41) is 1.44. The van der Waals surface area contributed by atoms with Gasteiger partial charge in [-0.1, -0.05) is 58.4 Å². The van der Waals surface area contributed by atoms with Crippen LogP contribution in [0.1, 0.15) is 11.1 Å². The number of thioether (sulfide) groups is 1. The van der Waals surface area contributed by atoms with Crippen LogP contribution in [0.2, 0.25) is 0 Å². The topological polar surface area (TPSA) is 76.2 Å². The molecule has 3 amide bonds. The quantitative estimate of drug-likeness (QED) is 0.387. The Morgan fingerprint density at radius 2 is 1.78 bits per heavy atom. The molecule has 0 spiro atoms. The molecule has 0 N–H and O–H groups in total. The monoisotopic (exact) mass is 566 g/mol. The Balaban J connectivity index is 1.42. The fourth-order valence-corrected chi connectivity index (χ4v) is 5.19. The lowest BCUT2D eigenvalue weighted by molar-refractivity contribution is -0.139. The average Bonchev–Trinajstić information content (AvgIpc) is 3.17. The van der Waals surface area contributed by atoms with Gasteiger partial charge in [0.1, 0.15) is 18.9 Å². The standard InChI is InChI=1S/C27H23BrN2O5S/c28-20-8-5-18(6-9-20)17-35-23-10-7-19-3-1-2-4-21(19)22(23)15-24-26(32)30(27(33)36-24)16-25(31)29-11-13-34-14-12-29/h1-10,15H,11-14,16-17H2/b24-15+. The number of carbonyl (C=O) groups excluding carboxylic acids is 3. The molecule has 0 unspecified atom stereocenters. The maximum absolute atomic E-state index is 13.2. The molecule has 0 aliphatic carbocycles. The summed E-state index contributed by atoms with van der Waals surface area (Å²) < 4.78 is 12.4. The average molecular weight is 567 g/mol. The van der Waals surface area contributed by atoms with Gasteiger partial charge in [-0.25, -0.2) is 0 Å². The van der Waals surface area contributed by atoms with Gasteiger partial charge in [-0.05, 0) is 52.4 Å². The number of morpholine rings is 1. The van der Waals surface area contributed by atoms with Gasteiger partial charge in [-0.2, -0.15) is 0 Å². The van der Waals surface area contributed by atoms with Crippen LogP contribution in [-0.2, 0) is 20.9 Å². The van der Waals surface area contributed by atoms with Gasteiger partial charge in [-0.15, -0.1) is 0 Å². The highest BCUT2D eigenvalue weighted by Crippen LogP contribution is 2.37. The van der Waals surface area contributed by atoms with Crippen molar-refractivity contribution in [3.63, 3.8) is 0 Å². The SMILES string of the molecule is O=C(CN1C(=O)S/C(=C/c2c(OCc3ccc(Br)cc3)ccc3ccccc23)C1=O)N1CCOCC1. The molecule has 36 heavy (non-hydrogen) atoms. The van der Waals surface area contributed by atoms with Crippen molar-refractivity contribution in [1.29, 1.82) is 0 Å². The third-order valence-electron chi connectivity index (χ3n) is 6.04. The fourth-order valence-electron chi connectivity index (χ4n) is 4.11. The second-order valence-corrected chi connectivity index (χ2v) is 10.3. The molecule has 0 radical (unpaired) electrons. The molecule has 2 aliphatic heterocycles. The summed E-state index contributed by atoms with van der Waals surface area (Å²) in [7, 11) is 0. The Morgan fingerprint density at radius 1 is 1.03 bits per heavy atom. The molecule has 9 heteroatoms. The van der Waals surface area contributed by atoms with Crippen molar-refractivity contribution in [2.24, 2.45) is 0 Å². The molecule has 2 fully saturated rings. The van der Waals surface area contributed by atoms with Gasteiger partial charge in [0.05, 0.1) is 18.1 Å². The first-order chi connectivity index (χ1) is 17.5. The zero-order valence-electron chi connectivity index (χ0n) is 19.3. The molecule has 0 aromatic heterocycles. The number of fused-ring (bicyclic) bond motifs is 1. The Hall–Kier alpha value is -3.14. The molecule has 2 saturated heterocycles. The summed E-state index contributed by atoms with van der Waals surface area (Å²) in [6.07, 6.45) is 1.70. The van der Waals surface area contributed by atoms with Crippen LogP contribution in [0, 0.1) is 0 Å². The van der Waals surface area contributed by atoms with E-state index in [2.05, 4.69) is 15.9 Å². The number of rotatable bonds is 6. The highest BCUT2D eigenvalue weighted by Gasteiger charge is 2.37. The van der Waals surface area contributed by atoms with Crippen LogP contribution in [0.4, 0.5) is 4.79 Å². The van der Waals surface area contributed by atoms with E-state index in [0.29, 0.717) is 38.7 Å². The van der Waals surface area contributed by atoms with Gasteiger partial charge in [0.15, 0.2) is 0 Å². The van der Waals surface area contributed by atoms with Crippen molar-refractivity contribution in [2.45, 2.75) is 6.61 Å². The number of imide groups is 1. The number of nitrogens with zero attached hydrogens (tertiary/aromatic N) is 2. The van der Waals surface area contributed by atoms with E-state index in [0.717, 1.165) is 43.0 Å². The zero-order chi connectivity index (χ0) is 25.1. The molecule has 2 heterocycles. The summed E-state index contributed by atoms with van der Waals surface area (Å²) in [5.74, 6) is -0.128. The number of hydrogen-bond donors (Lipinski definition) is 0. The second-order valence-electron chi connectivity index (χ2n) is 8.37. The Morgan fingerprint density at radius 3 is 2.56 bits per heavy atom. The molecule has 2 aliphatic rings. The number of amides is 3. The van der Waals surface area contributed by atoms with E-state index in [-0.39, 0.29) is 17.4 Å². The lowest BCUT2D eigenvalue weighted by Crippen LogP contribution is -2.46. The number of hydrogen-bond acceptors (Lipinski definition) is 6. The third-order valence-corrected chi connectivity index (χ3v) is 7.48. The second kappa shape index (κ2) is 10.9. The normalized spacial score (nSPS) is 17.3. The molecule has 0 bridgehead atoms. The Bertz CT molecular complexity index is 1350. The molecule has 0 atom stereocenters. The van der Waals surface area contributed by atoms with Crippen molar-refractivity contribution in [2.75, 3.05) is 32.8 Å². The summed E-state index contributed by atoms with van der Waals surface area (Å²) >= 11 is 4.28. The van der Waals surface area contributed by atoms with Crippen LogP contribution in [0.25, 0.3) is 16.8 Å². The highest BCUT2D eigenvalue weighted by molar-refractivity contribution is 9.10. The van der Waals surface area contributed by atoms with Crippen molar-refractivity contribution in [3.8, 4) is 5.75 Å². The van der Waals surface area contributed by atoms with Crippen LogP contribution in [0.15, 0.2) is 70.0 Å². The summed E-state index contributed by atoms with van der Waals surface area (Å²) in [6, 6.07) is 19.5. The van der Waals surface area contributed by atoms with E-state index in [1.807, 2.05) is 60.7 Å². The zero-order valence-corrected chi connectivity index (χ0v) is 21.7. The molecule has 5 rings (SSSR count). The molecule has 7 nitrogen and oxygen atoms in total. The van der Waals surface area contributed by atoms with E-state index >= 15 is 0 Å². The van der Waals surface area contributed by atoms with Gasteiger partial charge in [0, 0.05) is 23.1 Å². The van der Waals surface area contributed by atoms with Gasteiger partial charge in [-0.3, -0.25) is 19.3 Å². The maximum atomic E-state index is 13.2. The van der Waals surface area contributed by atoms with E-state index in [1.54, 1.807) is 11.0 Å². The number of carbonyl (C=O) groups is 3. The first kappa shape index (κ1) is 24.5. The van der Waals surface area contributed by atoms with Crippen molar-refractivity contribution < 1.29 is 23.9 Å². The van der Waals surface area contributed by atoms with Crippen LogP contribution in [-0.4, -0.2) is 59.7 Å². The Kier molecular flexibility index (Phi) is 7.41. The number of ether oxygens (including phenoxy) is 2. The van der Waals surface area contributed by atoms with Crippen LogP contribution in [0.5, 0.6) is 5.75 Å². The number of benzene rings is 3. The van der Waals surface area contributed by atoms with Gasteiger partial charge in [0.25, 0.3) is 11.1 Å². The molecular weight excluding hydrogens is 544 g/mol. The minimum Gasteiger partial charge on any atom is -0.488 e. The largest absolute Gasteiger partial charge is 0.488 e. The van der Waals surface area contributed by atoms with E-state index < -0.39 is 11.1 Å². The molecule has 3 aromatic carbocycles. The predicted octanol–water partition coefficient (Wildman–Crippen LogP) is 5.08. The molecular formula is C27H23BrN2O5S. The maximum Gasteiger partial charge on any atom is 0.294 e.